The zero-order valence-corrected chi connectivity index (χ0v) is 14.7. The van der Waals surface area contributed by atoms with Crippen molar-refractivity contribution in [1.82, 2.24) is 0 Å². The van der Waals surface area contributed by atoms with E-state index in [1.807, 2.05) is 24.3 Å². The molecule has 5 nitrogen and oxygen atoms in total. The standard InChI is InChI=1S/C20H22O5/c1-4-7-13-16-17(20-14(24-13)10-15(21)25-20)19(23-3)12-9-6-5-8-11(12)18(16)22-2/h5-6,8-9,13-14,20H,4,7,10H2,1-3H3/t13-,14-,20+/m1/s1. The Morgan fingerprint density at radius 1 is 1.08 bits per heavy atom. The van der Waals surface area contributed by atoms with Gasteiger partial charge >= 0.3 is 5.97 Å². The minimum atomic E-state index is -0.441. The molecule has 1 saturated heterocycles. The van der Waals surface area contributed by atoms with Gasteiger partial charge in [0.05, 0.1) is 26.7 Å². The van der Waals surface area contributed by atoms with E-state index in [9.17, 15) is 4.79 Å². The highest BCUT2D eigenvalue weighted by Gasteiger charge is 2.47. The molecule has 0 spiro atoms. The maximum absolute atomic E-state index is 11.9. The van der Waals surface area contributed by atoms with Gasteiger partial charge in [0.1, 0.15) is 17.6 Å². The second-order valence-electron chi connectivity index (χ2n) is 6.51. The lowest BCUT2D eigenvalue weighted by Crippen LogP contribution is -2.29. The molecule has 25 heavy (non-hydrogen) atoms. The highest BCUT2D eigenvalue weighted by Crippen LogP contribution is 2.54. The second-order valence-corrected chi connectivity index (χ2v) is 6.51. The first-order valence-corrected chi connectivity index (χ1v) is 8.71. The lowest BCUT2D eigenvalue weighted by Gasteiger charge is -2.36. The number of methoxy groups -OCH3 is 2. The Hall–Kier alpha value is -2.27. The lowest BCUT2D eigenvalue weighted by atomic mass is 9.85. The van der Waals surface area contributed by atoms with Gasteiger partial charge in [0, 0.05) is 21.9 Å². The summed E-state index contributed by atoms with van der Waals surface area (Å²) in [5, 5.41) is 1.94. The van der Waals surface area contributed by atoms with Gasteiger partial charge in [0.15, 0.2) is 6.10 Å². The summed E-state index contributed by atoms with van der Waals surface area (Å²) in [6.07, 6.45) is 1.25. The predicted molar refractivity (Wildman–Crippen MR) is 93.0 cm³/mol. The van der Waals surface area contributed by atoms with Crippen LogP contribution in [0.3, 0.4) is 0 Å². The molecule has 0 aromatic heterocycles. The van der Waals surface area contributed by atoms with E-state index in [2.05, 4.69) is 6.92 Å². The zero-order chi connectivity index (χ0) is 17.6. The van der Waals surface area contributed by atoms with Crippen molar-refractivity contribution in [3.8, 4) is 11.5 Å². The number of carbonyl (C=O) groups excluding carboxylic acids is 1. The third-order valence-corrected chi connectivity index (χ3v) is 5.06. The van der Waals surface area contributed by atoms with E-state index in [-0.39, 0.29) is 24.6 Å². The van der Waals surface area contributed by atoms with Crippen molar-refractivity contribution in [3.63, 3.8) is 0 Å². The highest BCUT2D eigenvalue weighted by atomic mass is 16.6. The van der Waals surface area contributed by atoms with Crippen LogP contribution in [0.2, 0.25) is 0 Å². The van der Waals surface area contributed by atoms with E-state index in [1.165, 1.54) is 0 Å². The van der Waals surface area contributed by atoms with E-state index in [4.69, 9.17) is 18.9 Å². The number of fused-ring (bicyclic) bond motifs is 4. The molecule has 0 unspecified atom stereocenters. The van der Waals surface area contributed by atoms with E-state index in [0.717, 1.165) is 46.2 Å². The summed E-state index contributed by atoms with van der Waals surface area (Å²) in [4.78, 5) is 11.9. The summed E-state index contributed by atoms with van der Waals surface area (Å²) < 4.78 is 23.5. The maximum Gasteiger partial charge on any atom is 0.309 e. The first-order chi connectivity index (χ1) is 12.2. The molecule has 1 fully saturated rings. The molecule has 2 aromatic rings. The number of hydrogen-bond acceptors (Lipinski definition) is 5. The molecule has 2 aliphatic heterocycles. The first kappa shape index (κ1) is 16.2. The minimum Gasteiger partial charge on any atom is -0.496 e. The van der Waals surface area contributed by atoms with Gasteiger partial charge in [0.2, 0.25) is 0 Å². The van der Waals surface area contributed by atoms with Crippen LogP contribution in [0, 0.1) is 0 Å². The summed E-state index contributed by atoms with van der Waals surface area (Å²) >= 11 is 0. The van der Waals surface area contributed by atoms with Crippen molar-refractivity contribution in [2.24, 2.45) is 0 Å². The molecular weight excluding hydrogens is 320 g/mol. The van der Waals surface area contributed by atoms with E-state index < -0.39 is 6.10 Å². The number of esters is 1. The molecule has 0 aliphatic carbocycles. The molecule has 0 bridgehead atoms. The Labute approximate surface area is 146 Å². The molecule has 0 saturated carbocycles. The van der Waals surface area contributed by atoms with Crippen LogP contribution < -0.4 is 9.47 Å². The summed E-state index contributed by atoms with van der Waals surface area (Å²) in [6, 6.07) is 7.98. The van der Waals surface area contributed by atoms with Crippen LogP contribution in [0.25, 0.3) is 10.8 Å². The fourth-order valence-electron chi connectivity index (χ4n) is 4.11. The molecule has 0 amide bonds. The molecule has 2 aliphatic rings. The van der Waals surface area contributed by atoms with E-state index in [1.54, 1.807) is 14.2 Å². The number of rotatable bonds is 4. The second kappa shape index (κ2) is 6.23. The third-order valence-electron chi connectivity index (χ3n) is 5.06. The van der Waals surface area contributed by atoms with Gasteiger partial charge < -0.3 is 18.9 Å². The van der Waals surface area contributed by atoms with E-state index in [0.29, 0.717) is 0 Å². The van der Waals surface area contributed by atoms with Gasteiger partial charge in [-0.05, 0) is 6.42 Å². The molecule has 2 heterocycles. The molecule has 3 atom stereocenters. The number of benzene rings is 2. The van der Waals surface area contributed by atoms with Gasteiger partial charge in [-0.3, -0.25) is 4.79 Å². The molecule has 132 valence electrons. The minimum absolute atomic E-state index is 0.135. The maximum atomic E-state index is 11.9. The van der Waals surface area contributed by atoms with Crippen LogP contribution in [0.15, 0.2) is 24.3 Å². The molecule has 0 radical (unpaired) electrons. The average Bonchev–Trinajstić information content (AvgIpc) is 3.00. The highest BCUT2D eigenvalue weighted by molar-refractivity contribution is 5.97. The Morgan fingerprint density at radius 2 is 1.72 bits per heavy atom. The normalized spacial score (nSPS) is 24.6. The van der Waals surface area contributed by atoms with E-state index >= 15 is 0 Å². The summed E-state index contributed by atoms with van der Waals surface area (Å²) in [5.41, 5.74) is 1.86. The largest absolute Gasteiger partial charge is 0.496 e. The molecule has 2 aromatic carbocycles. The molecule has 5 heteroatoms. The SMILES string of the molecule is CCC[C@H]1O[C@@H]2CC(=O)O[C@@H]2c2c1c(OC)c1ccccc1c2OC. The van der Waals surface area contributed by atoms with Gasteiger partial charge in [-0.1, -0.05) is 37.6 Å². The number of carbonyl (C=O) groups is 1. The Balaban J connectivity index is 2.07. The van der Waals surface area contributed by atoms with Crippen molar-refractivity contribution in [2.45, 2.75) is 44.5 Å². The number of hydrogen-bond donors (Lipinski definition) is 0. The van der Waals surface area contributed by atoms with Crippen LogP contribution >= 0.6 is 0 Å². The van der Waals surface area contributed by atoms with Gasteiger partial charge in [-0.2, -0.15) is 0 Å². The Kier molecular flexibility index (Phi) is 4.04. The van der Waals surface area contributed by atoms with Crippen molar-refractivity contribution in [1.29, 1.82) is 0 Å². The summed E-state index contributed by atoms with van der Waals surface area (Å²) in [6.45, 7) is 2.12. The van der Waals surface area contributed by atoms with Crippen molar-refractivity contribution in [3.05, 3.63) is 35.4 Å². The predicted octanol–water partition coefficient (Wildman–Crippen LogP) is 4.09. The first-order valence-electron chi connectivity index (χ1n) is 8.71. The fraction of sp³-hybridized carbons (Fsp3) is 0.450. The summed E-state index contributed by atoms with van der Waals surface area (Å²) in [5.74, 6) is 1.30. The van der Waals surface area contributed by atoms with Gasteiger partial charge in [0.25, 0.3) is 0 Å². The van der Waals surface area contributed by atoms with Crippen molar-refractivity contribution in [2.75, 3.05) is 14.2 Å². The Morgan fingerprint density at radius 3 is 2.32 bits per heavy atom. The monoisotopic (exact) mass is 342 g/mol. The quantitative estimate of drug-likeness (QED) is 0.784. The van der Waals surface area contributed by atoms with Gasteiger partial charge in [-0.15, -0.1) is 0 Å². The summed E-state index contributed by atoms with van der Waals surface area (Å²) in [7, 11) is 3.33. The van der Waals surface area contributed by atoms with Crippen LogP contribution in [0.4, 0.5) is 0 Å². The third kappa shape index (κ3) is 2.37. The lowest BCUT2D eigenvalue weighted by molar-refractivity contribution is -0.143. The van der Waals surface area contributed by atoms with Crippen LogP contribution in [0.1, 0.15) is 49.5 Å². The molecular formula is C20H22O5. The molecule has 0 N–H and O–H groups in total. The van der Waals surface area contributed by atoms with Gasteiger partial charge in [-0.25, -0.2) is 0 Å². The van der Waals surface area contributed by atoms with Crippen LogP contribution in [-0.4, -0.2) is 26.3 Å². The van der Waals surface area contributed by atoms with Crippen molar-refractivity contribution >= 4 is 16.7 Å². The van der Waals surface area contributed by atoms with Crippen LogP contribution in [-0.2, 0) is 14.3 Å². The average molecular weight is 342 g/mol. The van der Waals surface area contributed by atoms with Crippen molar-refractivity contribution < 1.29 is 23.7 Å². The fourth-order valence-corrected chi connectivity index (χ4v) is 4.11. The topological polar surface area (TPSA) is 54.0 Å². The Bertz CT molecular complexity index is 828. The molecule has 4 rings (SSSR count). The number of ether oxygens (including phenoxy) is 4. The van der Waals surface area contributed by atoms with Crippen LogP contribution in [0.5, 0.6) is 11.5 Å². The smallest absolute Gasteiger partial charge is 0.309 e. The zero-order valence-electron chi connectivity index (χ0n) is 14.7.